The normalized spacial score (nSPS) is 13.3. The first-order chi connectivity index (χ1) is 5.63. The highest BCUT2D eigenvalue weighted by Gasteiger charge is 2.07. The van der Waals surface area contributed by atoms with E-state index >= 15 is 0 Å². The zero-order chi connectivity index (χ0) is 9.14. The predicted molar refractivity (Wildman–Crippen MR) is 46.2 cm³/mol. The summed E-state index contributed by atoms with van der Waals surface area (Å²) < 4.78 is 1.66. The van der Waals surface area contributed by atoms with Crippen LogP contribution in [0.5, 0.6) is 0 Å². The maximum absolute atomic E-state index is 9.22. The van der Waals surface area contributed by atoms with Crippen LogP contribution in [-0.2, 0) is 6.54 Å². The molecule has 0 aromatic carbocycles. The van der Waals surface area contributed by atoms with Crippen LogP contribution in [0.15, 0.2) is 0 Å². The molecule has 0 bridgehead atoms. The minimum absolute atomic E-state index is 0.221. The maximum Gasteiger partial charge on any atom is 0.147 e. The third-order valence-electron chi connectivity index (χ3n) is 1.52. The van der Waals surface area contributed by atoms with E-state index in [1.807, 2.05) is 13.8 Å². The van der Waals surface area contributed by atoms with Gasteiger partial charge >= 0.3 is 0 Å². The van der Waals surface area contributed by atoms with Crippen LogP contribution in [0.3, 0.4) is 0 Å². The van der Waals surface area contributed by atoms with Gasteiger partial charge in [0, 0.05) is 0 Å². The van der Waals surface area contributed by atoms with Crippen molar-refractivity contribution in [1.82, 2.24) is 14.8 Å². The summed E-state index contributed by atoms with van der Waals surface area (Å²) in [6.45, 7) is 4.08. The van der Waals surface area contributed by atoms with Crippen molar-refractivity contribution in [3.05, 3.63) is 11.6 Å². The van der Waals surface area contributed by atoms with Crippen molar-refractivity contribution < 1.29 is 5.11 Å². The average Bonchev–Trinajstić information content (AvgIpc) is 2.30. The molecule has 1 aromatic heterocycles. The van der Waals surface area contributed by atoms with Crippen molar-refractivity contribution in [1.29, 1.82) is 0 Å². The zero-order valence-electron chi connectivity index (χ0n) is 7.16. The van der Waals surface area contributed by atoms with Crippen LogP contribution in [0.2, 0.25) is 0 Å². The Kier molecular flexibility index (Phi) is 3.05. The van der Waals surface area contributed by atoms with Crippen LogP contribution < -0.4 is 0 Å². The molecule has 0 spiro atoms. The van der Waals surface area contributed by atoms with E-state index in [0.717, 1.165) is 5.82 Å². The quantitative estimate of drug-likeness (QED) is 0.705. The third kappa shape index (κ3) is 2.19. The van der Waals surface area contributed by atoms with Gasteiger partial charge in [-0.2, -0.15) is 5.10 Å². The van der Waals surface area contributed by atoms with Gasteiger partial charge in [-0.05, 0) is 13.8 Å². The van der Waals surface area contributed by atoms with E-state index in [1.165, 1.54) is 0 Å². The summed E-state index contributed by atoms with van der Waals surface area (Å²) >= 11 is 5.45. The van der Waals surface area contributed by atoms with Crippen LogP contribution in [0.25, 0.3) is 0 Å². The highest BCUT2D eigenvalue weighted by atomic mass is 35.5. The van der Waals surface area contributed by atoms with Crippen molar-refractivity contribution >= 4 is 11.6 Å². The Hall–Kier alpha value is -0.610. The largest absolute Gasteiger partial charge is 0.390 e. The van der Waals surface area contributed by atoms with Crippen molar-refractivity contribution in [2.24, 2.45) is 0 Å². The van der Waals surface area contributed by atoms with E-state index in [0.29, 0.717) is 12.4 Å². The summed E-state index contributed by atoms with van der Waals surface area (Å²) in [5.74, 6) is 1.74. The highest BCUT2D eigenvalue weighted by molar-refractivity contribution is 6.18. The molecule has 5 heteroatoms. The molecule has 0 saturated heterocycles. The predicted octanol–water partition coefficient (Wildman–Crippen LogP) is 0.495. The van der Waals surface area contributed by atoms with Gasteiger partial charge in [0.15, 0.2) is 0 Å². The number of alkyl halides is 1. The number of hydrogen-bond donors (Lipinski definition) is 1. The van der Waals surface area contributed by atoms with E-state index in [-0.39, 0.29) is 5.88 Å². The molecule has 0 aliphatic rings. The van der Waals surface area contributed by atoms with Gasteiger partial charge in [-0.1, -0.05) is 0 Å². The van der Waals surface area contributed by atoms with Crippen molar-refractivity contribution in [2.75, 3.05) is 5.88 Å². The summed E-state index contributed by atoms with van der Waals surface area (Å²) in [6.07, 6.45) is -0.550. The summed E-state index contributed by atoms with van der Waals surface area (Å²) in [6, 6.07) is 0. The number of aliphatic hydroxyl groups is 1. The Morgan fingerprint density at radius 1 is 1.58 bits per heavy atom. The summed E-state index contributed by atoms with van der Waals surface area (Å²) in [5.41, 5.74) is 0. The summed E-state index contributed by atoms with van der Waals surface area (Å²) in [7, 11) is 0. The molecule has 0 fully saturated rings. The lowest BCUT2D eigenvalue weighted by molar-refractivity contribution is 0.170. The first-order valence-corrected chi connectivity index (χ1v) is 4.29. The highest BCUT2D eigenvalue weighted by Crippen LogP contribution is 1.99. The molecule has 1 rings (SSSR count). The molecule has 0 amide bonds. The van der Waals surface area contributed by atoms with Gasteiger partial charge in [-0.25, -0.2) is 9.67 Å². The second kappa shape index (κ2) is 3.87. The molecule has 4 nitrogen and oxygen atoms in total. The Balaban J connectivity index is 2.68. The number of nitrogens with zero attached hydrogens (tertiary/aromatic N) is 3. The minimum Gasteiger partial charge on any atom is -0.390 e. The van der Waals surface area contributed by atoms with E-state index in [2.05, 4.69) is 10.1 Å². The van der Waals surface area contributed by atoms with Gasteiger partial charge in [0.05, 0.1) is 18.5 Å². The van der Waals surface area contributed by atoms with Gasteiger partial charge in [-0.3, -0.25) is 0 Å². The van der Waals surface area contributed by atoms with Crippen LogP contribution in [-0.4, -0.2) is 31.9 Å². The third-order valence-corrected chi connectivity index (χ3v) is 1.88. The zero-order valence-corrected chi connectivity index (χ0v) is 7.91. The van der Waals surface area contributed by atoms with E-state index < -0.39 is 6.10 Å². The van der Waals surface area contributed by atoms with Crippen molar-refractivity contribution in [3.8, 4) is 0 Å². The number of aryl methyl sites for hydroxylation is 2. The second-order valence-corrected chi connectivity index (χ2v) is 3.01. The molecule has 1 heterocycles. The molecule has 1 aromatic rings. The van der Waals surface area contributed by atoms with E-state index in [9.17, 15) is 5.11 Å². The molecule has 1 N–H and O–H groups in total. The first-order valence-electron chi connectivity index (χ1n) is 3.75. The minimum atomic E-state index is -0.550. The number of halogens is 1. The molecule has 0 radical (unpaired) electrons. The molecular weight excluding hydrogens is 178 g/mol. The fourth-order valence-corrected chi connectivity index (χ4v) is 1.08. The van der Waals surface area contributed by atoms with Gasteiger partial charge in [0.2, 0.25) is 0 Å². The summed E-state index contributed by atoms with van der Waals surface area (Å²) in [4.78, 5) is 4.10. The molecule has 1 atom stereocenters. The van der Waals surface area contributed by atoms with Gasteiger partial charge in [0.25, 0.3) is 0 Å². The molecule has 68 valence electrons. The second-order valence-electron chi connectivity index (χ2n) is 2.70. The first kappa shape index (κ1) is 9.48. The smallest absolute Gasteiger partial charge is 0.147 e. The fourth-order valence-electron chi connectivity index (χ4n) is 0.983. The van der Waals surface area contributed by atoms with Crippen molar-refractivity contribution in [3.63, 3.8) is 0 Å². The number of aromatic nitrogens is 3. The SMILES string of the molecule is Cc1nc(C)n(CC(O)CCl)n1. The molecular formula is C7H12ClN3O. The van der Waals surface area contributed by atoms with Gasteiger partial charge in [-0.15, -0.1) is 11.6 Å². The molecule has 0 aliphatic carbocycles. The molecule has 0 saturated carbocycles. The average molecular weight is 190 g/mol. The lowest BCUT2D eigenvalue weighted by atomic mass is 10.4. The summed E-state index contributed by atoms with van der Waals surface area (Å²) in [5, 5.41) is 13.3. The van der Waals surface area contributed by atoms with Gasteiger partial charge < -0.3 is 5.11 Å². The lowest BCUT2D eigenvalue weighted by Crippen LogP contribution is -2.19. The van der Waals surface area contributed by atoms with Crippen LogP contribution in [0.4, 0.5) is 0 Å². The lowest BCUT2D eigenvalue weighted by Gasteiger charge is -2.06. The molecule has 1 unspecified atom stereocenters. The van der Waals surface area contributed by atoms with Gasteiger partial charge in [0.1, 0.15) is 11.6 Å². The number of hydrogen-bond acceptors (Lipinski definition) is 3. The van der Waals surface area contributed by atoms with Crippen LogP contribution in [0.1, 0.15) is 11.6 Å². The standard InChI is InChI=1S/C7H12ClN3O/c1-5-9-6(2)11(10-5)4-7(12)3-8/h7,12H,3-4H2,1-2H3. The Morgan fingerprint density at radius 2 is 2.25 bits per heavy atom. The topological polar surface area (TPSA) is 50.9 Å². The monoisotopic (exact) mass is 189 g/mol. The fraction of sp³-hybridized carbons (Fsp3) is 0.714. The Bertz CT molecular complexity index is 261. The van der Waals surface area contributed by atoms with E-state index in [1.54, 1.807) is 4.68 Å². The number of aliphatic hydroxyl groups excluding tert-OH is 1. The van der Waals surface area contributed by atoms with E-state index in [4.69, 9.17) is 11.6 Å². The maximum atomic E-state index is 9.22. The van der Waals surface area contributed by atoms with Crippen LogP contribution >= 0.6 is 11.6 Å². The number of rotatable bonds is 3. The molecule has 12 heavy (non-hydrogen) atoms. The Morgan fingerprint density at radius 3 is 2.67 bits per heavy atom. The van der Waals surface area contributed by atoms with Crippen LogP contribution in [0, 0.1) is 13.8 Å². The Labute approximate surface area is 76.2 Å². The van der Waals surface area contributed by atoms with Crippen molar-refractivity contribution in [2.45, 2.75) is 26.5 Å². The molecule has 0 aliphatic heterocycles.